The first-order valence-corrected chi connectivity index (χ1v) is 7.37. The number of azide groups is 1. The SMILES string of the molecule is CCN1CCC2=CC(OC)C(OC=N)CC2C1CN=[N+]=[N-]. The van der Waals surface area contributed by atoms with Crippen LogP contribution < -0.4 is 0 Å². The van der Waals surface area contributed by atoms with Gasteiger partial charge in [0.2, 0.25) is 0 Å². The van der Waals surface area contributed by atoms with E-state index in [1.807, 2.05) is 0 Å². The minimum atomic E-state index is -0.147. The number of rotatable bonds is 6. The van der Waals surface area contributed by atoms with Gasteiger partial charge in [0.05, 0.1) is 0 Å². The Hall–Kier alpha value is -1.56. The van der Waals surface area contributed by atoms with Crippen molar-refractivity contribution in [1.82, 2.24) is 4.90 Å². The molecule has 7 nitrogen and oxygen atoms in total. The number of nitrogens with one attached hydrogen (secondary N) is 1. The van der Waals surface area contributed by atoms with Crippen molar-refractivity contribution in [2.75, 3.05) is 26.7 Å². The highest BCUT2D eigenvalue weighted by Crippen LogP contribution is 2.38. The summed E-state index contributed by atoms with van der Waals surface area (Å²) in [4.78, 5) is 5.28. The van der Waals surface area contributed by atoms with Crippen LogP contribution in [0, 0.1) is 11.3 Å². The van der Waals surface area contributed by atoms with E-state index in [2.05, 4.69) is 27.9 Å². The van der Waals surface area contributed by atoms with Crippen molar-refractivity contribution >= 4 is 6.40 Å². The number of hydrogen-bond donors (Lipinski definition) is 1. The molecule has 1 aliphatic heterocycles. The van der Waals surface area contributed by atoms with Crippen molar-refractivity contribution in [2.45, 2.75) is 38.0 Å². The summed E-state index contributed by atoms with van der Waals surface area (Å²) in [5.41, 5.74) is 9.99. The van der Waals surface area contributed by atoms with Gasteiger partial charge in [-0.15, -0.1) is 0 Å². The molecule has 0 aromatic carbocycles. The molecule has 1 heterocycles. The van der Waals surface area contributed by atoms with E-state index in [1.165, 1.54) is 5.57 Å². The second kappa shape index (κ2) is 7.45. The van der Waals surface area contributed by atoms with E-state index in [0.29, 0.717) is 12.5 Å². The van der Waals surface area contributed by atoms with Gasteiger partial charge in [-0.1, -0.05) is 23.7 Å². The van der Waals surface area contributed by atoms with Crippen LogP contribution in [0.3, 0.4) is 0 Å². The number of nitrogens with zero attached hydrogens (tertiary/aromatic N) is 4. The third-order valence-corrected chi connectivity index (χ3v) is 4.58. The van der Waals surface area contributed by atoms with Crippen LogP contribution in [0.15, 0.2) is 16.8 Å². The lowest BCUT2D eigenvalue weighted by molar-refractivity contribution is -0.00627. The molecule has 1 fully saturated rings. The Kier molecular flexibility index (Phi) is 5.61. The van der Waals surface area contributed by atoms with Gasteiger partial charge < -0.3 is 9.47 Å². The number of likely N-dealkylation sites (N-methyl/N-ethyl adjacent to an activating group) is 1. The van der Waals surface area contributed by atoms with Crippen LogP contribution in [0.4, 0.5) is 0 Å². The Morgan fingerprint density at radius 3 is 3.05 bits per heavy atom. The molecular formula is C14H23N5O2. The van der Waals surface area contributed by atoms with Crippen LogP contribution in [0.1, 0.15) is 19.8 Å². The van der Waals surface area contributed by atoms with Crippen LogP contribution >= 0.6 is 0 Å². The molecule has 7 heteroatoms. The lowest BCUT2D eigenvalue weighted by Crippen LogP contribution is -2.51. The molecule has 0 bridgehead atoms. The van der Waals surface area contributed by atoms with Crippen LogP contribution in [0.2, 0.25) is 0 Å². The maximum Gasteiger partial charge on any atom is 0.167 e. The van der Waals surface area contributed by atoms with Gasteiger partial charge in [0, 0.05) is 31.2 Å². The molecule has 0 aromatic rings. The lowest BCUT2D eigenvalue weighted by Gasteiger charge is -2.46. The average molecular weight is 293 g/mol. The summed E-state index contributed by atoms with van der Waals surface area (Å²) in [5, 5.41) is 11.0. The number of fused-ring (bicyclic) bond motifs is 1. The van der Waals surface area contributed by atoms with Gasteiger partial charge in [-0.3, -0.25) is 10.3 Å². The zero-order valence-electron chi connectivity index (χ0n) is 12.6. The standard InChI is InChI=1S/C14H23N5O2/c1-3-19-5-4-10-6-13(20-2)14(21-9-15)7-11(10)12(19)8-17-18-16/h6,9,11-15H,3-5,7-8H2,1-2H3. The molecule has 0 amide bonds. The van der Waals surface area contributed by atoms with Gasteiger partial charge >= 0.3 is 0 Å². The van der Waals surface area contributed by atoms with E-state index in [0.717, 1.165) is 32.3 Å². The molecule has 116 valence electrons. The zero-order chi connectivity index (χ0) is 15.2. The number of likely N-dealkylation sites (tertiary alicyclic amines) is 1. The molecule has 1 aliphatic carbocycles. The molecule has 4 atom stereocenters. The Bertz CT molecular complexity index is 447. The van der Waals surface area contributed by atoms with Gasteiger partial charge in [0.25, 0.3) is 0 Å². The molecule has 1 N–H and O–H groups in total. The van der Waals surface area contributed by atoms with E-state index >= 15 is 0 Å². The van der Waals surface area contributed by atoms with E-state index in [1.54, 1.807) is 7.11 Å². The largest absolute Gasteiger partial charge is 0.477 e. The normalized spacial score (nSPS) is 32.6. The predicted molar refractivity (Wildman–Crippen MR) is 80.3 cm³/mol. The van der Waals surface area contributed by atoms with E-state index in [4.69, 9.17) is 20.4 Å². The first kappa shape index (κ1) is 15.8. The van der Waals surface area contributed by atoms with E-state index in [9.17, 15) is 0 Å². The third kappa shape index (κ3) is 3.37. The molecule has 0 spiro atoms. The van der Waals surface area contributed by atoms with Gasteiger partial charge in [-0.25, -0.2) is 0 Å². The van der Waals surface area contributed by atoms with Crippen molar-refractivity contribution in [1.29, 1.82) is 5.41 Å². The quantitative estimate of drug-likeness (QED) is 0.203. The summed E-state index contributed by atoms with van der Waals surface area (Å²) in [6, 6.07) is 0.209. The van der Waals surface area contributed by atoms with Crippen molar-refractivity contribution in [3.8, 4) is 0 Å². The van der Waals surface area contributed by atoms with Gasteiger partial charge in [0.15, 0.2) is 6.40 Å². The Labute approximate surface area is 125 Å². The fraction of sp³-hybridized carbons (Fsp3) is 0.786. The Balaban J connectivity index is 2.24. The second-order valence-electron chi connectivity index (χ2n) is 5.44. The highest BCUT2D eigenvalue weighted by molar-refractivity contribution is 5.42. The first-order valence-electron chi connectivity index (χ1n) is 7.37. The fourth-order valence-corrected chi connectivity index (χ4v) is 3.54. The molecule has 0 saturated carbocycles. The van der Waals surface area contributed by atoms with Gasteiger partial charge in [0.1, 0.15) is 12.2 Å². The van der Waals surface area contributed by atoms with Crippen LogP contribution in [0.5, 0.6) is 0 Å². The molecule has 0 radical (unpaired) electrons. The summed E-state index contributed by atoms with van der Waals surface area (Å²) < 4.78 is 10.9. The smallest absolute Gasteiger partial charge is 0.167 e. The highest BCUT2D eigenvalue weighted by atomic mass is 16.5. The molecule has 2 aliphatic rings. The second-order valence-corrected chi connectivity index (χ2v) is 5.44. The summed E-state index contributed by atoms with van der Waals surface area (Å²) >= 11 is 0. The minimum Gasteiger partial charge on any atom is -0.477 e. The fourth-order valence-electron chi connectivity index (χ4n) is 3.54. The van der Waals surface area contributed by atoms with Crippen molar-refractivity contribution < 1.29 is 9.47 Å². The van der Waals surface area contributed by atoms with Crippen LogP contribution in [-0.2, 0) is 9.47 Å². The maximum absolute atomic E-state index is 8.62. The summed E-state index contributed by atoms with van der Waals surface area (Å²) in [6.45, 7) is 4.53. The van der Waals surface area contributed by atoms with Gasteiger partial charge in [-0.05, 0) is 30.8 Å². The molecular weight excluding hydrogens is 270 g/mol. The Morgan fingerprint density at radius 2 is 2.43 bits per heavy atom. The Morgan fingerprint density at radius 1 is 1.62 bits per heavy atom. The third-order valence-electron chi connectivity index (χ3n) is 4.58. The van der Waals surface area contributed by atoms with Crippen molar-refractivity contribution in [2.24, 2.45) is 11.0 Å². The predicted octanol–water partition coefficient (Wildman–Crippen LogP) is 2.34. The first-order chi connectivity index (χ1) is 10.2. The van der Waals surface area contributed by atoms with E-state index < -0.39 is 0 Å². The minimum absolute atomic E-state index is 0.105. The highest BCUT2D eigenvalue weighted by Gasteiger charge is 2.40. The molecule has 1 saturated heterocycles. The molecule has 4 unspecified atom stereocenters. The number of methoxy groups -OCH3 is 1. The molecule has 0 aromatic heterocycles. The topological polar surface area (TPSA) is 94.3 Å². The van der Waals surface area contributed by atoms with Gasteiger partial charge in [-0.2, -0.15) is 0 Å². The van der Waals surface area contributed by atoms with Crippen LogP contribution in [-0.4, -0.2) is 56.3 Å². The monoisotopic (exact) mass is 293 g/mol. The van der Waals surface area contributed by atoms with Crippen molar-refractivity contribution in [3.63, 3.8) is 0 Å². The van der Waals surface area contributed by atoms with E-state index in [-0.39, 0.29) is 18.2 Å². The number of piperidine rings is 1. The lowest BCUT2D eigenvalue weighted by atomic mass is 9.75. The van der Waals surface area contributed by atoms with Crippen molar-refractivity contribution in [3.05, 3.63) is 22.1 Å². The number of hydrogen-bond acceptors (Lipinski definition) is 5. The zero-order valence-corrected chi connectivity index (χ0v) is 12.6. The van der Waals surface area contributed by atoms with Crippen LogP contribution in [0.25, 0.3) is 10.4 Å². The summed E-state index contributed by atoms with van der Waals surface area (Å²) in [5.74, 6) is 0.306. The summed E-state index contributed by atoms with van der Waals surface area (Å²) in [6.07, 6.45) is 4.68. The molecule has 2 rings (SSSR count). The summed E-state index contributed by atoms with van der Waals surface area (Å²) in [7, 11) is 1.67. The average Bonchev–Trinajstić information content (AvgIpc) is 2.52. The molecule has 21 heavy (non-hydrogen) atoms. The number of ether oxygens (including phenoxy) is 2. The maximum atomic E-state index is 8.62.